The number of fused-ring (bicyclic) bond motifs is 4. The van der Waals surface area contributed by atoms with Crippen LogP contribution in [0.25, 0.3) is 22.3 Å². The molecule has 0 amide bonds. The van der Waals surface area contributed by atoms with Crippen molar-refractivity contribution in [1.82, 2.24) is 9.97 Å². The van der Waals surface area contributed by atoms with Crippen molar-refractivity contribution in [2.75, 3.05) is 0 Å². The maximum absolute atomic E-state index is 4.86. The largest absolute Gasteiger partial charge is 0.249 e. The number of hydrogen-bond acceptors (Lipinski definition) is 2. The molecule has 1 aromatic heterocycles. The fourth-order valence-electron chi connectivity index (χ4n) is 3.17. The Hall–Kier alpha value is -2.22. The Labute approximate surface area is 118 Å². The van der Waals surface area contributed by atoms with Crippen molar-refractivity contribution in [3.63, 3.8) is 0 Å². The summed E-state index contributed by atoms with van der Waals surface area (Å²) in [6.45, 7) is 4.57. The molecule has 4 rings (SSSR count). The monoisotopic (exact) mass is 260 g/mol. The van der Waals surface area contributed by atoms with Gasteiger partial charge in [0.2, 0.25) is 0 Å². The van der Waals surface area contributed by atoms with Gasteiger partial charge in [0.05, 0.1) is 22.4 Å². The summed E-state index contributed by atoms with van der Waals surface area (Å²) in [5.41, 5.74) is 6.85. The summed E-state index contributed by atoms with van der Waals surface area (Å²) in [7, 11) is 0. The second-order valence-corrected chi connectivity index (χ2v) is 6.11. The molecule has 0 saturated heterocycles. The maximum Gasteiger partial charge on any atom is 0.0928 e. The molecule has 0 radical (unpaired) electrons. The Morgan fingerprint density at radius 1 is 0.850 bits per heavy atom. The zero-order chi connectivity index (χ0) is 13.7. The topological polar surface area (TPSA) is 25.8 Å². The van der Waals surface area contributed by atoms with Crippen LogP contribution in [-0.2, 0) is 11.8 Å². The molecule has 1 heterocycles. The van der Waals surface area contributed by atoms with Gasteiger partial charge in [-0.1, -0.05) is 50.2 Å². The van der Waals surface area contributed by atoms with Gasteiger partial charge in [-0.15, -0.1) is 0 Å². The average molecular weight is 260 g/mol. The molecule has 3 aromatic rings. The molecule has 2 nitrogen and oxygen atoms in total. The molecule has 0 aliphatic heterocycles. The van der Waals surface area contributed by atoms with Crippen molar-refractivity contribution < 1.29 is 0 Å². The lowest BCUT2D eigenvalue weighted by Gasteiger charge is -2.32. The number of aromatic nitrogens is 2. The highest BCUT2D eigenvalue weighted by atomic mass is 14.8. The number of para-hydroxylation sites is 2. The summed E-state index contributed by atoms with van der Waals surface area (Å²) in [4.78, 5) is 9.71. The van der Waals surface area contributed by atoms with E-state index >= 15 is 0 Å². The van der Waals surface area contributed by atoms with Gasteiger partial charge in [0.1, 0.15) is 0 Å². The van der Waals surface area contributed by atoms with Gasteiger partial charge in [0.25, 0.3) is 0 Å². The van der Waals surface area contributed by atoms with Crippen LogP contribution in [0.1, 0.15) is 25.1 Å². The number of rotatable bonds is 0. The van der Waals surface area contributed by atoms with E-state index in [1.807, 2.05) is 24.3 Å². The van der Waals surface area contributed by atoms with E-state index < -0.39 is 0 Å². The highest BCUT2D eigenvalue weighted by Crippen LogP contribution is 2.41. The van der Waals surface area contributed by atoms with Crippen LogP contribution in [0.2, 0.25) is 0 Å². The Morgan fingerprint density at radius 2 is 1.50 bits per heavy atom. The molecule has 98 valence electrons. The first kappa shape index (κ1) is 11.6. The fraction of sp³-hybridized carbons (Fsp3) is 0.222. The van der Waals surface area contributed by atoms with E-state index in [2.05, 4.69) is 38.1 Å². The van der Waals surface area contributed by atoms with Gasteiger partial charge < -0.3 is 0 Å². The summed E-state index contributed by atoms with van der Waals surface area (Å²) in [5.74, 6) is 0. The van der Waals surface area contributed by atoms with E-state index in [-0.39, 0.29) is 5.41 Å². The van der Waals surface area contributed by atoms with E-state index in [0.29, 0.717) is 0 Å². The molecule has 1 aliphatic rings. The highest BCUT2D eigenvalue weighted by Gasteiger charge is 2.32. The highest BCUT2D eigenvalue weighted by molar-refractivity contribution is 5.80. The van der Waals surface area contributed by atoms with Crippen LogP contribution in [0, 0.1) is 0 Å². The zero-order valence-corrected chi connectivity index (χ0v) is 11.7. The van der Waals surface area contributed by atoms with Gasteiger partial charge in [-0.25, -0.2) is 9.97 Å². The summed E-state index contributed by atoms with van der Waals surface area (Å²) in [6, 6.07) is 16.7. The summed E-state index contributed by atoms with van der Waals surface area (Å²) in [5, 5.41) is 0. The predicted molar refractivity (Wildman–Crippen MR) is 81.7 cm³/mol. The quantitative estimate of drug-likeness (QED) is 0.607. The fourth-order valence-corrected chi connectivity index (χ4v) is 3.17. The van der Waals surface area contributed by atoms with Crippen LogP contribution >= 0.6 is 0 Å². The van der Waals surface area contributed by atoms with E-state index in [0.717, 1.165) is 28.8 Å². The molecular formula is C18H16N2. The van der Waals surface area contributed by atoms with Crippen molar-refractivity contribution in [2.45, 2.75) is 25.7 Å². The van der Waals surface area contributed by atoms with Crippen molar-refractivity contribution in [3.8, 4) is 11.3 Å². The second kappa shape index (κ2) is 3.89. The van der Waals surface area contributed by atoms with Crippen LogP contribution in [0.15, 0.2) is 48.5 Å². The standard InChI is InChI=1S/C18H16N2/c1-18(2)11-16-17(12-7-3-4-8-13(12)18)20-15-10-6-5-9-14(15)19-16/h3-10H,11H2,1-2H3. The molecule has 0 bridgehead atoms. The van der Waals surface area contributed by atoms with Crippen molar-refractivity contribution in [3.05, 3.63) is 59.8 Å². The van der Waals surface area contributed by atoms with Gasteiger partial charge in [-0.3, -0.25) is 0 Å². The Kier molecular flexibility index (Phi) is 2.25. The third-order valence-electron chi connectivity index (χ3n) is 4.16. The van der Waals surface area contributed by atoms with Gasteiger partial charge >= 0.3 is 0 Å². The Balaban J connectivity index is 2.08. The van der Waals surface area contributed by atoms with Crippen molar-refractivity contribution in [2.24, 2.45) is 0 Å². The van der Waals surface area contributed by atoms with Crippen molar-refractivity contribution in [1.29, 1.82) is 0 Å². The lowest BCUT2D eigenvalue weighted by atomic mass is 9.73. The molecular weight excluding hydrogens is 244 g/mol. The van der Waals surface area contributed by atoms with Crippen LogP contribution in [-0.4, -0.2) is 9.97 Å². The first-order valence-corrected chi connectivity index (χ1v) is 7.01. The number of benzene rings is 2. The predicted octanol–water partition coefficient (Wildman–Crippen LogP) is 4.13. The van der Waals surface area contributed by atoms with Gasteiger partial charge in [0, 0.05) is 12.0 Å². The van der Waals surface area contributed by atoms with E-state index in [4.69, 9.17) is 9.97 Å². The second-order valence-electron chi connectivity index (χ2n) is 6.11. The molecule has 0 N–H and O–H groups in total. The number of nitrogens with zero attached hydrogens (tertiary/aromatic N) is 2. The zero-order valence-electron chi connectivity index (χ0n) is 11.7. The first-order chi connectivity index (χ1) is 9.65. The number of hydrogen-bond donors (Lipinski definition) is 0. The van der Waals surface area contributed by atoms with Gasteiger partial charge in [0.15, 0.2) is 0 Å². The Bertz CT molecular complexity index is 819. The minimum absolute atomic E-state index is 0.112. The van der Waals surface area contributed by atoms with Crippen LogP contribution in [0.4, 0.5) is 0 Å². The Morgan fingerprint density at radius 3 is 2.30 bits per heavy atom. The summed E-state index contributed by atoms with van der Waals surface area (Å²) < 4.78 is 0. The molecule has 0 spiro atoms. The molecule has 1 aliphatic carbocycles. The molecule has 2 aromatic carbocycles. The SMILES string of the molecule is CC1(C)Cc2nc3ccccc3nc2-c2ccccc21. The van der Waals surface area contributed by atoms with Crippen LogP contribution in [0.3, 0.4) is 0 Å². The molecule has 20 heavy (non-hydrogen) atoms. The minimum atomic E-state index is 0.112. The lowest BCUT2D eigenvalue weighted by Crippen LogP contribution is -2.26. The summed E-state index contributed by atoms with van der Waals surface area (Å²) in [6.07, 6.45) is 0.942. The van der Waals surface area contributed by atoms with Gasteiger partial charge in [-0.2, -0.15) is 0 Å². The third-order valence-corrected chi connectivity index (χ3v) is 4.16. The molecule has 0 fully saturated rings. The molecule has 0 saturated carbocycles. The first-order valence-electron chi connectivity index (χ1n) is 7.01. The van der Waals surface area contributed by atoms with E-state index in [1.54, 1.807) is 0 Å². The van der Waals surface area contributed by atoms with Gasteiger partial charge in [-0.05, 0) is 23.1 Å². The normalized spacial score (nSPS) is 15.7. The average Bonchev–Trinajstić information content (AvgIpc) is 2.45. The van der Waals surface area contributed by atoms with E-state index in [9.17, 15) is 0 Å². The molecule has 0 unspecified atom stereocenters. The lowest BCUT2D eigenvalue weighted by molar-refractivity contribution is 0.509. The van der Waals surface area contributed by atoms with E-state index in [1.165, 1.54) is 11.1 Å². The molecule has 2 heteroatoms. The van der Waals surface area contributed by atoms with Crippen molar-refractivity contribution >= 4 is 11.0 Å². The summed E-state index contributed by atoms with van der Waals surface area (Å²) >= 11 is 0. The third kappa shape index (κ3) is 1.58. The molecule has 0 atom stereocenters. The maximum atomic E-state index is 4.86. The smallest absolute Gasteiger partial charge is 0.0928 e. The van der Waals surface area contributed by atoms with Crippen LogP contribution in [0.5, 0.6) is 0 Å². The minimum Gasteiger partial charge on any atom is -0.249 e. The van der Waals surface area contributed by atoms with Crippen LogP contribution < -0.4 is 0 Å².